The van der Waals surface area contributed by atoms with Crippen LogP contribution in [0.3, 0.4) is 0 Å². The number of benzene rings is 1. The van der Waals surface area contributed by atoms with Crippen molar-refractivity contribution in [2.45, 2.75) is 52.7 Å². The maximum atomic E-state index is 5.92. The average Bonchev–Trinajstić information content (AvgIpc) is 3.15. The van der Waals surface area contributed by atoms with Gasteiger partial charge >= 0.3 is 0 Å². The van der Waals surface area contributed by atoms with E-state index in [1.807, 2.05) is 6.92 Å². The van der Waals surface area contributed by atoms with Crippen LogP contribution < -0.4 is 15.4 Å². The fourth-order valence-electron chi connectivity index (χ4n) is 3.36. The van der Waals surface area contributed by atoms with Crippen LogP contribution in [-0.4, -0.2) is 47.6 Å². The predicted molar refractivity (Wildman–Crippen MR) is 113 cm³/mol. The third kappa shape index (κ3) is 5.93. The van der Waals surface area contributed by atoms with Crippen LogP contribution in [0.2, 0.25) is 0 Å². The summed E-state index contributed by atoms with van der Waals surface area (Å²) in [4.78, 5) is 4.32. The number of guanidine groups is 1. The topological polar surface area (TPSA) is 85.6 Å². The van der Waals surface area contributed by atoms with E-state index in [4.69, 9.17) is 9.47 Å². The van der Waals surface area contributed by atoms with Gasteiger partial charge in [-0.2, -0.15) is 0 Å². The van der Waals surface area contributed by atoms with Crippen LogP contribution in [0.15, 0.2) is 23.2 Å². The number of ether oxygens (including phenoxy) is 2. The Morgan fingerprint density at radius 3 is 2.86 bits per heavy atom. The fourth-order valence-corrected chi connectivity index (χ4v) is 3.36. The normalized spacial score (nSPS) is 13.8. The lowest BCUT2D eigenvalue weighted by Gasteiger charge is -2.17. The van der Waals surface area contributed by atoms with Crippen molar-refractivity contribution in [2.75, 3.05) is 26.9 Å². The smallest absolute Gasteiger partial charge is 0.191 e. The Kier molecular flexibility index (Phi) is 7.86. The zero-order chi connectivity index (χ0) is 20.5. The van der Waals surface area contributed by atoms with Crippen molar-refractivity contribution in [1.82, 2.24) is 25.4 Å². The summed E-state index contributed by atoms with van der Waals surface area (Å²) in [6.07, 6.45) is 3.39. The standard InChI is InChI=1S/C21H32N6O2/c1-4-28-11-12-29-18-13-16(2)8-9-17(18)14-23-21(22-3)24-15-20-26-25-19-7-5-6-10-27(19)20/h8-9,13H,4-7,10-12,14-15H2,1-3H3,(H2,22,23,24). The van der Waals surface area contributed by atoms with Gasteiger partial charge in [0.25, 0.3) is 0 Å². The molecule has 2 heterocycles. The molecule has 29 heavy (non-hydrogen) atoms. The summed E-state index contributed by atoms with van der Waals surface area (Å²) < 4.78 is 13.5. The first kappa shape index (κ1) is 21.1. The second kappa shape index (κ2) is 10.8. The molecule has 2 N–H and O–H groups in total. The Morgan fingerprint density at radius 2 is 2.03 bits per heavy atom. The minimum Gasteiger partial charge on any atom is -0.491 e. The van der Waals surface area contributed by atoms with Crippen LogP contribution in [0, 0.1) is 6.92 Å². The van der Waals surface area contributed by atoms with Gasteiger partial charge in [0.1, 0.15) is 18.2 Å². The van der Waals surface area contributed by atoms with Crippen molar-refractivity contribution in [3.8, 4) is 5.75 Å². The number of fused-ring (bicyclic) bond motifs is 1. The third-order valence-corrected chi connectivity index (χ3v) is 4.93. The molecule has 0 spiro atoms. The van der Waals surface area contributed by atoms with Crippen LogP contribution in [0.5, 0.6) is 5.75 Å². The van der Waals surface area contributed by atoms with E-state index in [1.165, 1.54) is 18.4 Å². The van der Waals surface area contributed by atoms with Crippen molar-refractivity contribution >= 4 is 5.96 Å². The van der Waals surface area contributed by atoms with Gasteiger partial charge in [0.15, 0.2) is 11.8 Å². The summed E-state index contributed by atoms with van der Waals surface area (Å²) in [6.45, 7) is 8.07. The molecule has 0 amide bonds. The lowest BCUT2D eigenvalue weighted by atomic mass is 10.1. The number of nitrogens with zero attached hydrogens (tertiary/aromatic N) is 4. The first-order valence-corrected chi connectivity index (χ1v) is 10.4. The molecule has 8 heteroatoms. The van der Waals surface area contributed by atoms with Gasteiger partial charge in [-0.05, 0) is 38.3 Å². The van der Waals surface area contributed by atoms with Gasteiger partial charge in [-0.15, -0.1) is 10.2 Å². The predicted octanol–water partition coefficient (Wildman–Crippen LogP) is 2.20. The number of hydrogen-bond acceptors (Lipinski definition) is 5. The van der Waals surface area contributed by atoms with E-state index >= 15 is 0 Å². The minimum atomic E-state index is 0.537. The van der Waals surface area contributed by atoms with Crippen molar-refractivity contribution in [2.24, 2.45) is 4.99 Å². The molecule has 0 atom stereocenters. The highest BCUT2D eigenvalue weighted by molar-refractivity contribution is 5.79. The van der Waals surface area contributed by atoms with E-state index in [0.717, 1.165) is 41.9 Å². The summed E-state index contributed by atoms with van der Waals surface area (Å²) in [5.74, 6) is 3.64. The van der Waals surface area contributed by atoms with Crippen LogP contribution in [-0.2, 0) is 30.8 Å². The maximum Gasteiger partial charge on any atom is 0.191 e. The molecule has 1 aromatic carbocycles. The van der Waals surface area contributed by atoms with Crippen LogP contribution >= 0.6 is 0 Å². The van der Waals surface area contributed by atoms with Crippen LogP contribution in [0.25, 0.3) is 0 Å². The molecule has 1 aliphatic rings. The molecule has 3 rings (SSSR count). The summed E-state index contributed by atoms with van der Waals surface area (Å²) in [7, 11) is 1.77. The largest absolute Gasteiger partial charge is 0.491 e. The number of rotatable bonds is 9. The first-order chi connectivity index (χ1) is 14.2. The SMILES string of the molecule is CCOCCOc1cc(C)ccc1CNC(=NC)NCc1nnc2n1CCCC2. The van der Waals surface area contributed by atoms with Crippen LogP contribution in [0.4, 0.5) is 0 Å². The zero-order valence-electron chi connectivity index (χ0n) is 17.7. The highest BCUT2D eigenvalue weighted by Crippen LogP contribution is 2.20. The minimum absolute atomic E-state index is 0.537. The van der Waals surface area contributed by atoms with E-state index in [1.54, 1.807) is 7.05 Å². The molecule has 0 saturated carbocycles. The van der Waals surface area contributed by atoms with Gasteiger partial charge in [0, 0.05) is 38.7 Å². The number of aliphatic imine (C=N–C) groups is 1. The van der Waals surface area contributed by atoms with Gasteiger partial charge in [0.05, 0.1) is 13.2 Å². The van der Waals surface area contributed by atoms with Gasteiger partial charge in [-0.25, -0.2) is 0 Å². The number of hydrogen-bond donors (Lipinski definition) is 2. The summed E-state index contributed by atoms with van der Waals surface area (Å²) in [5, 5.41) is 15.3. The number of nitrogens with one attached hydrogen (secondary N) is 2. The molecule has 0 saturated heterocycles. The summed E-state index contributed by atoms with van der Waals surface area (Å²) in [5.41, 5.74) is 2.24. The monoisotopic (exact) mass is 400 g/mol. The Labute approximate surface area is 172 Å². The van der Waals surface area contributed by atoms with E-state index in [-0.39, 0.29) is 0 Å². The van der Waals surface area contributed by atoms with E-state index in [0.29, 0.717) is 32.9 Å². The molecule has 158 valence electrons. The van der Waals surface area contributed by atoms with Gasteiger partial charge < -0.3 is 24.7 Å². The van der Waals surface area contributed by atoms with Crippen LogP contribution in [0.1, 0.15) is 42.5 Å². The van der Waals surface area contributed by atoms with Gasteiger partial charge in [-0.3, -0.25) is 4.99 Å². The van der Waals surface area contributed by atoms with E-state index in [2.05, 4.69) is 55.5 Å². The number of aryl methyl sites for hydroxylation is 2. The highest BCUT2D eigenvalue weighted by Gasteiger charge is 2.15. The maximum absolute atomic E-state index is 5.92. The summed E-state index contributed by atoms with van der Waals surface area (Å²) >= 11 is 0. The highest BCUT2D eigenvalue weighted by atomic mass is 16.5. The lowest BCUT2D eigenvalue weighted by Crippen LogP contribution is -2.37. The summed E-state index contributed by atoms with van der Waals surface area (Å²) in [6, 6.07) is 6.23. The fraction of sp³-hybridized carbons (Fsp3) is 0.571. The third-order valence-electron chi connectivity index (χ3n) is 4.93. The Morgan fingerprint density at radius 1 is 1.17 bits per heavy atom. The van der Waals surface area contributed by atoms with E-state index < -0.39 is 0 Å². The van der Waals surface area contributed by atoms with Crippen molar-refractivity contribution in [1.29, 1.82) is 0 Å². The Bertz CT molecular complexity index is 817. The Hall–Kier alpha value is -2.61. The second-order valence-electron chi connectivity index (χ2n) is 7.08. The lowest BCUT2D eigenvalue weighted by molar-refractivity contribution is 0.110. The molecule has 0 unspecified atom stereocenters. The van der Waals surface area contributed by atoms with Crippen molar-refractivity contribution in [3.05, 3.63) is 41.0 Å². The molecule has 8 nitrogen and oxygen atoms in total. The number of aromatic nitrogens is 3. The van der Waals surface area contributed by atoms with Crippen molar-refractivity contribution < 1.29 is 9.47 Å². The molecular formula is C21H32N6O2. The van der Waals surface area contributed by atoms with Gasteiger partial charge in [0.2, 0.25) is 0 Å². The van der Waals surface area contributed by atoms with E-state index in [9.17, 15) is 0 Å². The molecule has 1 aliphatic heterocycles. The zero-order valence-corrected chi connectivity index (χ0v) is 17.7. The first-order valence-electron chi connectivity index (χ1n) is 10.4. The molecule has 0 bridgehead atoms. The quantitative estimate of drug-likeness (QED) is 0.381. The molecule has 0 radical (unpaired) electrons. The average molecular weight is 401 g/mol. The molecule has 0 fully saturated rings. The molecule has 1 aromatic heterocycles. The van der Waals surface area contributed by atoms with Gasteiger partial charge in [-0.1, -0.05) is 12.1 Å². The van der Waals surface area contributed by atoms with Crippen molar-refractivity contribution in [3.63, 3.8) is 0 Å². The molecule has 0 aliphatic carbocycles. The molecule has 2 aromatic rings. The Balaban J connectivity index is 1.54. The molecular weight excluding hydrogens is 368 g/mol. The second-order valence-corrected chi connectivity index (χ2v) is 7.08.